The minimum absolute atomic E-state index is 0.0395. The van der Waals surface area contributed by atoms with E-state index in [0.717, 1.165) is 13.0 Å². The molecule has 0 aliphatic heterocycles. The Morgan fingerprint density at radius 1 is 1.44 bits per heavy atom. The second-order valence-corrected chi connectivity index (χ2v) is 6.73. The van der Waals surface area contributed by atoms with Gasteiger partial charge in [0.2, 0.25) is 5.91 Å². The van der Waals surface area contributed by atoms with E-state index in [1.807, 2.05) is 0 Å². The molecule has 0 aromatic rings. The van der Waals surface area contributed by atoms with Crippen molar-refractivity contribution in [1.82, 2.24) is 5.32 Å². The van der Waals surface area contributed by atoms with Crippen LogP contribution in [0.1, 0.15) is 47.0 Å². The highest BCUT2D eigenvalue weighted by Crippen LogP contribution is 2.44. The van der Waals surface area contributed by atoms with Crippen molar-refractivity contribution in [2.24, 2.45) is 22.5 Å². The Morgan fingerprint density at radius 2 is 2.00 bits per heavy atom. The van der Waals surface area contributed by atoms with Gasteiger partial charge in [0.05, 0.1) is 5.92 Å². The summed E-state index contributed by atoms with van der Waals surface area (Å²) in [5, 5.41) is 3.04. The SMILES string of the molecule is CC(C)(C)CC(CN)C(=O)NCC1(C)CC1. The number of hydrogen-bond acceptors (Lipinski definition) is 2. The van der Waals surface area contributed by atoms with Gasteiger partial charge in [-0.05, 0) is 30.1 Å². The van der Waals surface area contributed by atoms with Gasteiger partial charge in [-0.15, -0.1) is 0 Å². The highest BCUT2D eigenvalue weighted by molar-refractivity contribution is 5.79. The summed E-state index contributed by atoms with van der Waals surface area (Å²) in [6, 6.07) is 0. The van der Waals surface area contributed by atoms with Gasteiger partial charge in [-0.25, -0.2) is 0 Å². The Bertz CT molecular complexity index is 251. The van der Waals surface area contributed by atoms with Gasteiger partial charge in [-0.3, -0.25) is 4.79 Å². The minimum atomic E-state index is -0.0395. The zero-order valence-electron chi connectivity index (χ0n) is 11.1. The summed E-state index contributed by atoms with van der Waals surface area (Å²) in [7, 11) is 0. The van der Waals surface area contributed by atoms with Crippen LogP contribution in [0.3, 0.4) is 0 Å². The number of nitrogens with one attached hydrogen (secondary N) is 1. The van der Waals surface area contributed by atoms with Gasteiger partial charge in [0, 0.05) is 13.1 Å². The van der Waals surface area contributed by atoms with Gasteiger partial charge in [-0.2, -0.15) is 0 Å². The first kappa shape index (κ1) is 13.5. The fourth-order valence-corrected chi connectivity index (χ4v) is 1.86. The Balaban J connectivity index is 2.37. The highest BCUT2D eigenvalue weighted by Gasteiger charge is 2.37. The predicted molar refractivity (Wildman–Crippen MR) is 67.0 cm³/mol. The molecule has 0 aromatic carbocycles. The Morgan fingerprint density at radius 3 is 2.38 bits per heavy atom. The summed E-state index contributed by atoms with van der Waals surface area (Å²) in [4.78, 5) is 11.9. The average molecular weight is 226 g/mol. The zero-order chi connectivity index (χ0) is 12.4. The maximum Gasteiger partial charge on any atom is 0.224 e. The van der Waals surface area contributed by atoms with Crippen LogP contribution in [0.2, 0.25) is 0 Å². The van der Waals surface area contributed by atoms with Crippen LogP contribution in [0.25, 0.3) is 0 Å². The van der Waals surface area contributed by atoms with E-state index in [0.29, 0.717) is 12.0 Å². The molecule has 1 fully saturated rings. The molecule has 0 spiro atoms. The molecule has 0 radical (unpaired) electrons. The van der Waals surface area contributed by atoms with E-state index in [4.69, 9.17) is 5.73 Å². The molecule has 1 amide bonds. The molecule has 3 heteroatoms. The lowest BCUT2D eigenvalue weighted by atomic mass is 9.84. The van der Waals surface area contributed by atoms with E-state index in [2.05, 4.69) is 33.0 Å². The summed E-state index contributed by atoms with van der Waals surface area (Å²) < 4.78 is 0. The van der Waals surface area contributed by atoms with Gasteiger partial charge in [0.1, 0.15) is 0 Å². The molecule has 1 aliphatic carbocycles. The van der Waals surface area contributed by atoms with E-state index in [1.54, 1.807) is 0 Å². The van der Waals surface area contributed by atoms with E-state index < -0.39 is 0 Å². The van der Waals surface area contributed by atoms with Crippen LogP contribution in [-0.2, 0) is 4.79 Å². The standard InChI is InChI=1S/C13H26N2O/c1-12(2,3)7-10(8-14)11(16)15-9-13(4)5-6-13/h10H,5-9,14H2,1-4H3,(H,15,16). The molecule has 0 aromatic heterocycles. The molecule has 3 nitrogen and oxygen atoms in total. The van der Waals surface area contributed by atoms with Crippen LogP contribution in [0.4, 0.5) is 0 Å². The van der Waals surface area contributed by atoms with Crippen LogP contribution in [0.5, 0.6) is 0 Å². The first-order valence-corrected chi connectivity index (χ1v) is 6.24. The molecule has 16 heavy (non-hydrogen) atoms. The van der Waals surface area contributed by atoms with Crippen molar-refractivity contribution >= 4 is 5.91 Å². The number of hydrogen-bond donors (Lipinski definition) is 2. The summed E-state index contributed by atoms with van der Waals surface area (Å²) in [6.45, 7) is 9.90. The van der Waals surface area contributed by atoms with Crippen molar-refractivity contribution in [2.75, 3.05) is 13.1 Å². The lowest BCUT2D eigenvalue weighted by Crippen LogP contribution is -2.39. The quantitative estimate of drug-likeness (QED) is 0.752. The number of nitrogens with two attached hydrogens (primary N) is 1. The van der Waals surface area contributed by atoms with E-state index >= 15 is 0 Å². The van der Waals surface area contributed by atoms with Crippen LogP contribution < -0.4 is 11.1 Å². The largest absolute Gasteiger partial charge is 0.355 e. The maximum atomic E-state index is 11.9. The summed E-state index contributed by atoms with van der Waals surface area (Å²) in [5.74, 6) is 0.0906. The molecule has 0 bridgehead atoms. The predicted octanol–water partition coefficient (Wildman–Crippen LogP) is 1.91. The second kappa shape index (κ2) is 4.74. The lowest BCUT2D eigenvalue weighted by Gasteiger charge is -2.24. The molecular formula is C13H26N2O. The van der Waals surface area contributed by atoms with Gasteiger partial charge in [0.25, 0.3) is 0 Å². The third-order valence-corrected chi connectivity index (χ3v) is 3.31. The molecule has 1 rings (SSSR count). The molecule has 0 heterocycles. The zero-order valence-corrected chi connectivity index (χ0v) is 11.1. The van der Waals surface area contributed by atoms with Gasteiger partial charge >= 0.3 is 0 Å². The summed E-state index contributed by atoms with van der Waals surface area (Å²) in [6.07, 6.45) is 3.33. The maximum absolute atomic E-state index is 11.9. The molecule has 1 aliphatic rings. The number of carbonyl (C=O) groups excluding carboxylic acids is 1. The van der Waals surface area contributed by atoms with Gasteiger partial charge < -0.3 is 11.1 Å². The normalized spacial score (nSPS) is 20.3. The number of amides is 1. The van der Waals surface area contributed by atoms with Crippen molar-refractivity contribution in [3.05, 3.63) is 0 Å². The first-order valence-electron chi connectivity index (χ1n) is 6.24. The minimum Gasteiger partial charge on any atom is -0.355 e. The van der Waals surface area contributed by atoms with Crippen molar-refractivity contribution in [2.45, 2.75) is 47.0 Å². The van der Waals surface area contributed by atoms with Crippen LogP contribution in [-0.4, -0.2) is 19.0 Å². The lowest BCUT2D eigenvalue weighted by molar-refractivity contribution is -0.125. The molecule has 1 saturated carbocycles. The van der Waals surface area contributed by atoms with Crippen LogP contribution >= 0.6 is 0 Å². The van der Waals surface area contributed by atoms with Crippen molar-refractivity contribution in [3.8, 4) is 0 Å². The average Bonchev–Trinajstić information content (AvgIpc) is 2.88. The fraction of sp³-hybridized carbons (Fsp3) is 0.923. The second-order valence-electron chi connectivity index (χ2n) is 6.73. The highest BCUT2D eigenvalue weighted by atomic mass is 16.1. The molecule has 1 unspecified atom stereocenters. The Labute approximate surface area is 99.2 Å². The van der Waals surface area contributed by atoms with E-state index in [-0.39, 0.29) is 17.2 Å². The fourth-order valence-electron chi connectivity index (χ4n) is 1.86. The summed E-state index contributed by atoms with van der Waals surface area (Å²) >= 11 is 0. The molecule has 3 N–H and O–H groups in total. The first-order chi connectivity index (χ1) is 7.26. The topological polar surface area (TPSA) is 55.1 Å². The molecular weight excluding hydrogens is 200 g/mol. The smallest absolute Gasteiger partial charge is 0.224 e. The van der Waals surface area contributed by atoms with E-state index in [1.165, 1.54) is 12.8 Å². The third kappa shape index (κ3) is 4.52. The number of rotatable bonds is 5. The van der Waals surface area contributed by atoms with Crippen LogP contribution in [0, 0.1) is 16.7 Å². The Hall–Kier alpha value is -0.570. The van der Waals surface area contributed by atoms with Crippen LogP contribution in [0.15, 0.2) is 0 Å². The van der Waals surface area contributed by atoms with E-state index in [9.17, 15) is 4.79 Å². The summed E-state index contributed by atoms with van der Waals surface area (Å²) in [5.41, 5.74) is 6.20. The van der Waals surface area contributed by atoms with Crippen molar-refractivity contribution < 1.29 is 4.79 Å². The van der Waals surface area contributed by atoms with Crippen molar-refractivity contribution in [3.63, 3.8) is 0 Å². The van der Waals surface area contributed by atoms with Gasteiger partial charge in [-0.1, -0.05) is 27.7 Å². The third-order valence-electron chi connectivity index (χ3n) is 3.31. The van der Waals surface area contributed by atoms with Gasteiger partial charge in [0.15, 0.2) is 0 Å². The Kier molecular flexibility index (Phi) is 4.00. The number of carbonyl (C=O) groups is 1. The molecule has 94 valence electrons. The molecule has 0 saturated heterocycles. The molecule has 1 atom stereocenters. The van der Waals surface area contributed by atoms with Crippen molar-refractivity contribution in [1.29, 1.82) is 0 Å². The monoisotopic (exact) mass is 226 g/mol.